The maximum Gasteiger partial charge on any atom is 0.295 e. The Morgan fingerprint density at radius 3 is 2.23 bits per heavy atom. The van der Waals surface area contributed by atoms with E-state index in [9.17, 15) is 25.9 Å². The SMILES string of the molecule is O=S(=O)(O)c1ccc2c(ccc3nn(-c4ccc(/C=C/c5ccccc5)c(S(=O)(=O)O)c4)nc32)c1. The predicted molar refractivity (Wildman–Crippen MR) is 131 cm³/mol. The molecule has 0 spiro atoms. The molecule has 0 amide bonds. The minimum Gasteiger partial charge on any atom is -0.282 e. The highest BCUT2D eigenvalue weighted by atomic mass is 32.2. The normalized spacial score (nSPS) is 12.6. The van der Waals surface area contributed by atoms with Crippen molar-refractivity contribution in [1.82, 2.24) is 15.0 Å². The number of hydrogen-bond donors (Lipinski definition) is 2. The van der Waals surface area contributed by atoms with Crippen molar-refractivity contribution in [3.63, 3.8) is 0 Å². The van der Waals surface area contributed by atoms with Crippen LogP contribution in [-0.4, -0.2) is 40.9 Å². The number of hydrogen-bond acceptors (Lipinski definition) is 6. The average molecular weight is 508 g/mol. The van der Waals surface area contributed by atoms with Gasteiger partial charge in [-0.2, -0.15) is 21.6 Å². The van der Waals surface area contributed by atoms with E-state index < -0.39 is 20.2 Å². The van der Waals surface area contributed by atoms with Crippen molar-refractivity contribution in [1.29, 1.82) is 0 Å². The highest BCUT2D eigenvalue weighted by Gasteiger charge is 2.18. The maximum absolute atomic E-state index is 12.1. The predicted octanol–water partition coefficient (Wildman–Crippen LogP) is 4.24. The summed E-state index contributed by atoms with van der Waals surface area (Å²) in [6.45, 7) is 0. The summed E-state index contributed by atoms with van der Waals surface area (Å²) in [4.78, 5) is 0.694. The molecule has 0 atom stereocenters. The van der Waals surface area contributed by atoms with Gasteiger partial charge in [-0.15, -0.1) is 10.2 Å². The first kappa shape index (κ1) is 22.9. The van der Waals surface area contributed by atoms with Gasteiger partial charge >= 0.3 is 0 Å². The van der Waals surface area contributed by atoms with E-state index in [0.717, 1.165) is 5.56 Å². The standard InChI is InChI=1S/C24H17N3O6S2/c28-34(29,30)20-11-12-21-18(14-20)9-13-22-24(21)26-27(25-22)19-10-8-17(23(15-19)35(31,32)33)7-6-16-4-2-1-3-5-16/h1-15H,(H,28,29,30)(H,31,32,33)/b7-6+. The minimum atomic E-state index is -4.55. The van der Waals surface area contributed by atoms with Crippen LogP contribution in [0.25, 0.3) is 39.6 Å². The molecule has 35 heavy (non-hydrogen) atoms. The van der Waals surface area contributed by atoms with Gasteiger partial charge < -0.3 is 0 Å². The van der Waals surface area contributed by atoms with E-state index in [4.69, 9.17) is 0 Å². The van der Waals surface area contributed by atoms with Crippen molar-refractivity contribution >= 4 is 54.2 Å². The fourth-order valence-electron chi connectivity index (χ4n) is 3.72. The largest absolute Gasteiger partial charge is 0.295 e. The molecule has 0 fully saturated rings. The Balaban J connectivity index is 1.61. The molecule has 0 saturated carbocycles. The van der Waals surface area contributed by atoms with Crippen molar-refractivity contribution in [2.75, 3.05) is 0 Å². The van der Waals surface area contributed by atoms with Crippen molar-refractivity contribution in [2.24, 2.45) is 0 Å². The van der Waals surface area contributed by atoms with Gasteiger partial charge in [0.2, 0.25) is 0 Å². The van der Waals surface area contributed by atoms with Crippen LogP contribution < -0.4 is 0 Å². The number of nitrogens with zero attached hydrogens (tertiary/aromatic N) is 3. The zero-order valence-electron chi connectivity index (χ0n) is 17.8. The van der Waals surface area contributed by atoms with E-state index >= 15 is 0 Å². The summed E-state index contributed by atoms with van der Waals surface area (Å²) in [5.74, 6) is 0. The summed E-state index contributed by atoms with van der Waals surface area (Å²) in [6, 6.07) is 21.1. The first-order valence-corrected chi connectivity index (χ1v) is 13.1. The Labute approximate surface area is 200 Å². The molecule has 0 aliphatic heterocycles. The third-order valence-electron chi connectivity index (χ3n) is 5.40. The lowest BCUT2D eigenvalue weighted by atomic mass is 10.1. The summed E-state index contributed by atoms with van der Waals surface area (Å²) >= 11 is 0. The summed E-state index contributed by atoms with van der Waals surface area (Å²) in [5, 5.41) is 9.97. The summed E-state index contributed by atoms with van der Waals surface area (Å²) < 4.78 is 66.2. The van der Waals surface area contributed by atoms with Gasteiger partial charge in [-0.25, -0.2) is 0 Å². The van der Waals surface area contributed by atoms with Crippen LogP contribution in [0, 0.1) is 0 Å². The van der Waals surface area contributed by atoms with E-state index in [0.29, 0.717) is 33.1 Å². The molecule has 4 aromatic carbocycles. The van der Waals surface area contributed by atoms with Crippen LogP contribution in [0.4, 0.5) is 0 Å². The zero-order valence-corrected chi connectivity index (χ0v) is 19.5. The number of fused-ring (bicyclic) bond motifs is 3. The van der Waals surface area contributed by atoms with Crippen LogP contribution in [0.3, 0.4) is 0 Å². The second-order valence-electron chi connectivity index (χ2n) is 7.72. The minimum absolute atomic E-state index is 0.242. The molecule has 0 unspecified atom stereocenters. The fourth-order valence-corrected chi connectivity index (χ4v) is 4.94. The molecule has 1 aromatic heterocycles. The van der Waals surface area contributed by atoms with Gasteiger partial charge in [0.15, 0.2) is 0 Å². The van der Waals surface area contributed by atoms with Crippen molar-refractivity contribution in [3.8, 4) is 5.69 Å². The van der Waals surface area contributed by atoms with Crippen LogP contribution in [0.2, 0.25) is 0 Å². The topological polar surface area (TPSA) is 139 Å². The van der Waals surface area contributed by atoms with Gasteiger partial charge in [0, 0.05) is 5.39 Å². The van der Waals surface area contributed by atoms with Gasteiger partial charge in [-0.05, 0) is 46.8 Å². The van der Waals surface area contributed by atoms with Gasteiger partial charge in [-0.1, -0.05) is 60.7 Å². The van der Waals surface area contributed by atoms with Gasteiger partial charge in [0.05, 0.1) is 10.6 Å². The highest BCUT2D eigenvalue weighted by molar-refractivity contribution is 7.86. The Kier molecular flexibility index (Phi) is 5.49. The van der Waals surface area contributed by atoms with Crippen LogP contribution in [-0.2, 0) is 20.2 Å². The molecule has 2 N–H and O–H groups in total. The summed E-state index contributed by atoms with van der Waals surface area (Å²) in [5.41, 5.74) is 2.39. The van der Waals surface area contributed by atoms with Crippen molar-refractivity contribution < 1.29 is 25.9 Å². The molecule has 0 saturated heterocycles. The van der Waals surface area contributed by atoms with Gasteiger partial charge in [0.25, 0.3) is 20.2 Å². The Morgan fingerprint density at radius 2 is 1.51 bits per heavy atom. The molecule has 0 radical (unpaired) electrons. The second-order valence-corrected chi connectivity index (χ2v) is 10.5. The molecule has 0 aliphatic rings. The van der Waals surface area contributed by atoms with Crippen molar-refractivity contribution in [2.45, 2.75) is 9.79 Å². The third-order valence-corrected chi connectivity index (χ3v) is 7.16. The maximum atomic E-state index is 12.1. The Bertz CT molecular complexity index is 1850. The highest BCUT2D eigenvalue weighted by Crippen LogP contribution is 2.27. The van der Waals surface area contributed by atoms with Crippen LogP contribution in [0.15, 0.2) is 88.7 Å². The lowest BCUT2D eigenvalue weighted by Gasteiger charge is -2.06. The Morgan fingerprint density at radius 1 is 0.743 bits per heavy atom. The van der Waals surface area contributed by atoms with Crippen LogP contribution in [0.5, 0.6) is 0 Å². The summed E-state index contributed by atoms with van der Waals surface area (Å²) in [6.07, 6.45) is 3.33. The Hall–Kier alpha value is -3.90. The number of aromatic nitrogens is 3. The van der Waals surface area contributed by atoms with Crippen molar-refractivity contribution in [3.05, 3.63) is 90.0 Å². The third kappa shape index (κ3) is 4.57. The quantitative estimate of drug-likeness (QED) is 0.266. The number of benzene rings is 4. The molecule has 9 nitrogen and oxygen atoms in total. The van der Waals surface area contributed by atoms with E-state index in [-0.39, 0.29) is 9.79 Å². The molecule has 5 rings (SSSR count). The molecular weight excluding hydrogens is 490 g/mol. The smallest absolute Gasteiger partial charge is 0.282 e. The average Bonchev–Trinajstić information content (AvgIpc) is 3.27. The lowest BCUT2D eigenvalue weighted by Crippen LogP contribution is -2.05. The molecule has 5 aromatic rings. The lowest BCUT2D eigenvalue weighted by molar-refractivity contribution is 0.481. The monoisotopic (exact) mass is 507 g/mol. The molecule has 0 bridgehead atoms. The van der Waals surface area contributed by atoms with E-state index in [2.05, 4.69) is 10.2 Å². The van der Waals surface area contributed by atoms with E-state index in [1.54, 1.807) is 36.4 Å². The first-order valence-electron chi connectivity index (χ1n) is 10.2. The van der Waals surface area contributed by atoms with E-state index in [1.165, 1.54) is 29.1 Å². The van der Waals surface area contributed by atoms with E-state index in [1.807, 2.05) is 30.3 Å². The molecular formula is C24H17N3O6S2. The van der Waals surface area contributed by atoms with Gasteiger partial charge in [0.1, 0.15) is 15.9 Å². The second kappa shape index (κ2) is 8.40. The first-order chi connectivity index (χ1) is 16.6. The molecule has 11 heteroatoms. The number of rotatable bonds is 5. The van der Waals surface area contributed by atoms with Gasteiger partial charge in [-0.3, -0.25) is 9.11 Å². The van der Waals surface area contributed by atoms with Crippen LogP contribution >= 0.6 is 0 Å². The molecule has 176 valence electrons. The fraction of sp³-hybridized carbons (Fsp3) is 0. The summed E-state index contributed by atoms with van der Waals surface area (Å²) in [7, 11) is -8.91. The van der Waals surface area contributed by atoms with Crippen LogP contribution in [0.1, 0.15) is 11.1 Å². The zero-order chi connectivity index (χ0) is 24.8. The molecule has 1 heterocycles. The molecule has 0 aliphatic carbocycles.